The molecule has 0 radical (unpaired) electrons. The van der Waals surface area contributed by atoms with Crippen molar-refractivity contribution in [2.75, 3.05) is 39.8 Å². The molecule has 0 bridgehead atoms. The number of ether oxygens (including phenoxy) is 1. The molecule has 1 amide bonds. The minimum atomic E-state index is -0.675. The number of nitrogens with zero attached hydrogens (tertiary/aromatic N) is 2. The first kappa shape index (κ1) is 14.4. The molecule has 5 nitrogen and oxygen atoms in total. The second-order valence-electron chi connectivity index (χ2n) is 5.29. The molecule has 1 saturated heterocycles. The van der Waals surface area contributed by atoms with Gasteiger partial charge in [0, 0.05) is 39.8 Å². The first-order valence-corrected chi connectivity index (χ1v) is 6.10. The Hall–Kier alpha value is -0.650. The third kappa shape index (κ3) is 4.61. The van der Waals surface area contributed by atoms with E-state index in [1.807, 2.05) is 4.90 Å². The van der Waals surface area contributed by atoms with Crippen molar-refractivity contribution in [1.82, 2.24) is 9.80 Å². The summed E-state index contributed by atoms with van der Waals surface area (Å²) in [6.07, 6.45) is -0.365. The predicted molar refractivity (Wildman–Crippen MR) is 65.8 cm³/mol. The number of β-amino-alcohol motifs (C(OH)–C–C–N with tert-alkyl or cyclic N) is 1. The van der Waals surface area contributed by atoms with Gasteiger partial charge in [0.05, 0.1) is 5.60 Å². The van der Waals surface area contributed by atoms with Crippen molar-refractivity contribution in [1.29, 1.82) is 0 Å². The average Bonchev–Trinajstić information content (AvgIpc) is 2.26. The second-order valence-corrected chi connectivity index (χ2v) is 5.29. The zero-order chi connectivity index (χ0) is 13.1. The van der Waals surface area contributed by atoms with E-state index in [-0.39, 0.29) is 12.0 Å². The van der Waals surface area contributed by atoms with E-state index in [9.17, 15) is 9.90 Å². The first-order chi connectivity index (χ1) is 7.83. The summed E-state index contributed by atoms with van der Waals surface area (Å²) in [5.74, 6) is 0.0513. The van der Waals surface area contributed by atoms with E-state index in [0.29, 0.717) is 19.6 Å². The zero-order valence-electron chi connectivity index (χ0n) is 11.3. The molecule has 1 aliphatic rings. The first-order valence-electron chi connectivity index (χ1n) is 6.10. The number of rotatable bonds is 4. The SMILES string of the molecule is COC(C)C(=O)N1CCN(CC(C)(C)O)CC1. The van der Waals surface area contributed by atoms with E-state index >= 15 is 0 Å². The maximum atomic E-state index is 11.9. The van der Waals surface area contributed by atoms with Crippen LogP contribution in [0.2, 0.25) is 0 Å². The third-order valence-corrected chi connectivity index (χ3v) is 3.00. The number of carbonyl (C=O) groups excluding carboxylic acids is 1. The van der Waals surface area contributed by atoms with Crippen LogP contribution in [0.25, 0.3) is 0 Å². The lowest BCUT2D eigenvalue weighted by atomic mass is 10.1. The van der Waals surface area contributed by atoms with Crippen LogP contribution in [0.3, 0.4) is 0 Å². The van der Waals surface area contributed by atoms with Crippen LogP contribution in [0.4, 0.5) is 0 Å². The van der Waals surface area contributed by atoms with Crippen LogP contribution in [0, 0.1) is 0 Å². The molecule has 17 heavy (non-hydrogen) atoms. The smallest absolute Gasteiger partial charge is 0.251 e. The fourth-order valence-corrected chi connectivity index (χ4v) is 2.03. The van der Waals surface area contributed by atoms with Crippen LogP contribution in [0.15, 0.2) is 0 Å². The number of hydrogen-bond acceptors (Lipinski definition) is 4. The molecule has 100 valence electrons. The van der Waals surface area contributed by atoms with Crippen LogP contribution in [-0.4, -0.2) is 72.4 Å². The lowest BCUT2D eigenvalue weighted by molar-refractivity contribution is -0.143. The molecule has 1 N–H and O–H groups in total. The highest BCUT2D eigenvalue weighted by molar-refractivity contribution is 5.80. The highest BCUT2D eigenvalue weighted by atomic mass is 16.5. The Balaban J connectivity index is 2.38. The molecule has 1 unspecified atom stereocenters. The summed E-state index contributed by atoms with van der Waals surface area (Å²) >= 11 is 0. The van der Waals surface area contributed by atoms with Gasteiger partial charge >= 0.3 is 0 Å². The van der Waals surface area contributed by atoms with Gasteiger partial charge in [-0.3, -0.25) is 9.69 Å². The Labute approximate surface area is 103 Å². The van der Waals surface area contributed by atoms with Crippen LogP contribution in [0.1, 0.15) is 20.8 Å². The third-order valence-electron chi connectivity index (χ3n) is 3.00. The quantitative estimate of drug-likeness (QED) is 0.752. The summed E-state index contributed by atoms with van der Waals surface area (Å²) in [5.41, 5.74) is -0.675. The largest absolute Gasteiger partial charge is 0.389 e. The summed E-state index contributed by atoms with van der Waals surface area (Å²) in [6, 6.07) is 0. The van der Waals surface area contributed by atoms with Crippen molar-refractivity contribution in [3.8, 4) is 0 Å². The fraction of sp³-hybridized carbons (Fsp3) is 0.917. The van der Waals surface area contributed by atoms with E-state index < -0.39 is 5.60 Å². The van der Waals surface area contributed by atoms with Crippen LogP contribution < -0.4 is 0 Å². The van der Waals surface area contributed by atoms with Crippen molar-refractivity contribution in [3.05, 3.63) is 0 Å². The fourth-order valence-electron chi connectivity index (χ4n) is 2.03. The van der Waals surface area contributed by atoms with Crippen LogP contribution >= 0.6 is 0 Å². The molecular formula is C12H24N2O3. The number of hydrogen-bond donors (Lipinski definition) is 1. The molecule has 1 rings (SSSR count). The van der Waals surface area contributed by atoms with Gasteiger partial charge in [-0.15, -0.1) is 0 Å². The summed E-state index contributed by atoms with van der Waals surface area (Å²) in [5, 5.41) is 9.73. The van der Waals surface area contributed by atoms with Crippen LogP contribution in [-0.2, 0) is 9.53 Å². The summed E-state index contributed by atoms with van der Waals surface area (Å²) in [6.45, 7) is 9.07. The molecule has 0 aromatic carbocycles. The molecule has 0 aromatic heterocycles. The standard InChI is InChI=1S/C12H24N2O3/c1-10(17-4)11(15)14-7-5-13(6-8-14)9-12(2,3)16/h10,16H,5-9H2,1-4H3. The molecule has 1 fully saturated rings. The maximum absolute atomic E-state index is 11.9. The van der Waals surface area contributed by atoms with E-state index in [4.69, 9.17) is 4.74 Å². The van der Waals surface area contributed by atoms with Gasteiger partial charge in [0.2, 0.25) is 0 Å². The second kappa shape index (κ2) is 5.80. The van der Waals surface area contributed by atoms with Crippen molar-refractivity contribution < 1.29 is 14.6 Å². The number of aliphatic hydroxyl groups is 1. The number of carbonyl (C=O) groups is 1. The predicted octanol–water partition coefficient (Wildman–Crippen LogP) is -0.0636. The summed E-state index contributed by atoms with van der Waals surface area (Å²) < 4.78 is 5.03. The van der Waals surface area contributed by atoms with Crippen molar-refractivity contribution >= 4 is 5.91 Å². The highest BCUT2D eigenvalue weighted by Gasteiger charge is 2.26. The van der Waals surface area contributed by atoms with Gasteiger partial charge in [0.1, 0.15) is 6.10 Å². The van der Waals surface area contributed by atoms with E-state index in [0.717, 1.165) is 13.1 Å². The molecule has 0 aromatic rings. The number of piperazine rings is 1. The highest BCUT2D eigenvalue weighted by Crippen LogP contribution is 2.09. The van der Waals surface area contributed by atoms with Gasteiger partial charge in [-0.25, -0.2) is 0 Å². The Morgan fingerprint density at radius 3 is 2.29 bits per heavy atom. The average molecular weight is 244 g/mol. The molecule has 0 aliphatic carbocycles. The molecule has 5 heteroatoms. The van der Waals surface area contributed by atoms with Gasteiger partial charge in [-0.2, -0.15) is 0 Å². The van der Waals surface area contributed by atoms with Crippen molar-refractivity contribution in [2.45, 2.75) is 32.5 Å². The normalized spacial score (nSPS) is 20.4. The van der Waals surface area contributed by atoms with Crippen LogP contribution in [0.5, 0.6) is 0 Å². The molecular weight excluding hydrogens is 220 g/mol. The Morgan fingerprint density at radius 2 is 1.88 bits per heavy atom. The van der Waals surface area contributed by atoms with Gasteiger partial charge in [0.25, 0.3) is 5.91 Å². The lowest BCUT2D eigenvalue weighted by Gasteiger charge is -2.37. The maximum Gasteiger partial charge on any atom is 0.251 e. The van der Waals surface area contributed by atoms with Crippen molar-refractivity contribution in [3.63, 3.8) is 0 Å². The Kier molecular flexibility index (Phi) is 4.91. The molecule has 1 atom stereocenters. The van der Waals surface area contributed by atoms with Gasteiger partial charge in [-0.05, 0) is 20.8 Å². The van der Waals surface area contributed by atoms with E-state index in [2.05, 4.69) is 4.90 Å². The summed E-state index contributed by atoms with van der Waals surface area (Å²) in [7, 11) is 1.55. The minimum Gasteiger partial charge on any atom is -0.389 e. The van der Waals surface area contributed by atoms with Gasteiger partial charge in [0.15, 0.2) is 0 Å². The zero-order valence-corrected chi connectivity index (χ0v) is 11.3. The Bertz CT molecular complexity index is 255. The van der Waals surface area contributed by atoms with E-state index in [1.54, 1.807) is 27.9 Å². The molecule has 0 saturated carbocycles. The number of methoxy groups -OCH3 is 1. The lowest BCUT2D eigenvalue weighted by Crippen LogP contribution is -2.53. The minimum absolute atomic E-state index is 0.0513. The molecule has 0 spiro atoms. The molecule has 1 heterocycles. The van der Waals surface area contributed by atoms with Gasteiger partial charge in [-0.1, -0.05) is 0 Å². The summed E-state index contributed by atoms with van der Waals surface area (Å²) in [4.78, 5) is 15.9. The number of amides is 1. The van der Waals surface area contributed by atoms with E-state index in [1.165, 1.54) is 0 Å². The van der Waals surface area contributed by atoms with Crippen molar-refractivity contribution in [2.24, 2.45) is 0 Å². The Morgan fingerprint density at radius 1 is 1.35 bits per heavy atom. The monoisotopic (exact) mass is 244 g/mol. The molecule has 1 aliphatic heterocycles. The van der Waals surface area contributed by atoms with Gasteiger partial charge < -0.3 is 14.7 Å². The topological polar surface area (TPSA) is 53.0 Å².